The zero-order valence-electron chi connectivity index (χ0n) is 12.8. The van der Waals surface area contributed by atoms with Gasteiger partial charge in [-0.05, 0) is 31.5 Å². The fourth-order valence-corrected chi connectivity index (χ4v) is 3.25. The van der Waals surface area contributed by atoms with Gasteiger partial charge in [0.25, 0.3) is 5.91 Å². The Labute approximate surface area is 136 Å². The number of amides is 2. The van der Waals surface area contributed by atoms with E-state index in [4.69, 9.17) is 0 Å². The molecule has 2 atom stereocenters. The van der Waals surface area contributed by atoms with E-state index in [1.165, 1.54) is 0 Å². The summed E-state index contributed by atoms with van der Waals surface area (Å²) in [6.07, 6.45) is -1.87. The van der Waals surface area contributed by atoms with Crippen molar-refractivity contribution in [3.63, 3.8) is 0 Å². The first kappa shape index (κ1) is 16.7. The molecule has 0 radical (unpaired) electrons. The molecule has 0 saturated carbocycles. The lowest BCUT2D eigenvalue weighted by Gasteiger charge is -2.23. The second kappa shape index (κ2) is 6.39. The minimum atomic E-state index is -4.55. The maximum absolute atomic E-state index is 12.6. The molecule has 1 aromatic heterocycles. The average Bonchev–Trinajstić information content (AvgIpc) is 3.14. The molecule has 0 bridgehead atoms. The summed E-state index contributed by atoms with van der Waals surface area (Å²) in [6, 6.07) is 1.90. The summed E-state index contributed by atoms with van der Waals surface area (Å²) in [4.78, 5) is 29.5. The van der Waals surface area contributed by atoms with Crippen molar-refractivity contribution >= 4 is 11.8 Å². The van der Waals surface area contributed by atoms with Crippen molar-refractivity contribution in [3.8, 4) is 0 Å². The lowest BCUT2D eigenvalue weighted by atomic mass is 10.1. The van der Waals surface area contributed by atoms with Crippen LogP contribution in [0.3, 0.4) is 0 Å². The third-order valence-electron chi connectivity index (χ3n) is 4.43. The molecule has 2 aliphatic heterocycles. The number of hydrogen-bond donors (Lipinski definition) is 2. The molecule has 2 aliphatic rings. The molecule has 0 aliphatic carbocycles. The highest BCUT2D eigenvalue weighted by Crippen LogP contribution is 2.29. The van der Waals surface area contributed by atoms with Gasteiger partial charge in [0.2, 0.25) is 5.91 Å². The van der Waals surface area contributed by atoms with E-state index in [1.807, 2.05) is 0 Å². The Kier molecular flexibility index (Phi) is 4.44. The van der Waals surface area contributed by atoms with Crippen molar-refractivity contribution < 1.29 is 22.8 Å². The van der Waals surface area contributed by atoms with E-state index < -0.39 is 17.6 Å². The quantitative estimate of drug-likeness (QED) is 0.852. The molecule has 1 aromatic rings. The van der Waals surface area contributed by atoms with Gasteiger partial charge in [0, 0.05) is 24.8 Å². The van der Waals surface area contributed by atoms with E-state index in [-0.39, 0.29) is 24.2 Å². The molecule has 24 heavy (non-hydrogen) atoms. The Balaban J connectivity index is 1.58. The SMILES string of the molecule is O=C(NCC(=O)N1CCC2NCCC21)c1cc(C(F)(F)F)ccn1. The van der Waals surface area contributed by atoms with E-state index in [1.54, 1.807) is 4.90 Å². The molecule has 9 heteroatoms. The van der Waals surface area contributed by atoms with E-state index >= 15 is 0 Å². The second-order valence-electron chi connectivity index (χ2n) is 5.90. The first-order valence-corrected chi connectivity index (χ1v) is 7.70. The highest BCUT2D eigenvalue weighted by Gasteiger charge is 2.39. The van der Waals surface area contributed by atoms with Crippen molar-refractivity contribution in [1.82, 2.24) is 20.5 Å². The second-order valence-corrected chi connectivity index (χ2v) is 5.90. The smallest absolute Gasteiger partial charge is 0.342 e. The third-order valence-corrected chi connectivity index (χ3v) is 4.43. The van der Waals surface area contributed by atoms with Gasteiger partial charge < -0.3 is 15.5 Å². The van der Waals surface area contributed by atoms with Gasteiger partial charge >= 0.3 is 6.18 Å². The molecule has 3 rings (SSSR count). The maximum Gasteiger partial charge on any atom is 0.416 e. The van der Waals surface area contributed by atoms with E-state index in [0.717, 1.165) is 31.6 Å². The number of likely N-dealkylation sites (tertiary alicyclic amines) is 1. The molecule has 130 valence electrons. The zero-order chi connectivity index (χ0) is 17.3. The number of alkyl halides is 3. The van der Waals surface area contributed by atoms with Crippen LogP contribution in [0, 0.1) is 0 Å². The first-order chi connectivity index (χ1) is 11.4. The molecular weight excluding hydrogens is 325 g/mol. The summed E-state index contributed by atoms with van der Waals surface area (Å²) in [5.41, 5.74) is -1.31. The summed E-state index contributed by atoms with van der Waals surface area (Å²) in [5.74, 6) is -1.03. The lowest BCUT2D eigenvalue weighted by molar-refractivity contribution is -0.137. The van der Waals surface area contributed by atoms with Gasteiger partial charge in [-0.2, -0.15) is 13.2 Å². The molecule has 3 heterocycles. The average molecular weight is 342 g/mol. The topological polar surface area (TPSA) is 74.3 Å². The Morgan fingerprint density at radius 3 is 2.92 bits per heavy atom. The van der Waals surface area contributed by atoms with E-state index in [2.05, 4.69) is 15.6 Å². The predicted molar refractivity (Wildman–Crippen MR) is 78.1 cm³/mol. The third kappa shape index (κ3) is 3.35. The van der Waals surface area contributed by atoms with Crippen LogP contribution < -0.4 is 10.6 Å². The minimum Gasteiger partial charge on any atom is -0.342 e. The molecule has 2 saturated heterocycles. The fourth-order valence-electron chi connectivity index (χ4n) is 3.25. The molecule has 2 N–H and O–H groups in total. The highest BCUT2D eigenvalue weighted by atomic mass is 19.4. The van der Waals surface area contributed by atoms with Crippen molar-refractivity contribution in [2.24, 2.45) is 0 Å². The van der Waals surface area contributed by atoms with Gasteiger partial charge in [0.15, 0.2) is 0 Å². The van der Waals surface area contributed by atoms with Gasteiger partial charge in [-0.3, -0.25) is 14.6 Å². The predicted octanol–water partition coefficient (Wildman–Crippen LogP) is 0.793. The van der Waals surface area contributed by atoms with Crippen molar-refractivity contribution in [2.75, 3.05) is 19.6 Å². The molecule has 0 aromatic carbocycles. The van der Waals surface area contributed by atoms with Crippen molar-refractivity contribution in [1.29, 1.82) is 0 Å². The fraction of sp³-hybridized carbons (Fsp3) is 0.533. The number of hydrogen-bond acceptors (Lipinski definition) is 4. The zero-order valence-corrected chi connectivity index (χ0v) is 12.8. The molecule has 0 spiro atoms. The molecular formula is C15H17F3N4O2. The molecule has 6 nitrogen and oxygen atoms in total. The van der Waals surface area contributed by atoms with Gasteiger partial charge in [0.05, 0.1) is 12.1 Å². The standard InChI is InChI=1S/C15H17F3N4O2/c16-15(17,18)9-1-4-20-11(7-9)14(24)21-8-13(23)22-6-3-10-12(22)2-5-19-10/h1,4,7,10,12,19H,2-3,5-6,8H2,(H,21,24). The van der Waals surface area contributed by atoms with Crippen LogP contribution in [0.25, 0.3) is 0 Å². The summed E-state index contributed by atoms with van der Waals surface area (Å²) in [7, 11) is 0. The summed E-state index contributed by atoms with van der Waals surface area (Å²) in [6.45, 7) is 1.23. The Morgan fingerprint density at radius 2 is 2.17 bits per heavy atom. The summed E-state index contributed by atoms with van der Waals surface area (Å²) < 4.78 is 37.9. The maximum atomic E-state index is 12.6. The van der Waals surface area contributed by atoms with Gasteiger partial charge in [-0.15, -0.1) is 0 Å². The lowest BCUT2D eigenvalue weighted by Crippen LogP contribution is -2.44. The Bertz CT molecular complexity index is 650. The van der Waals surface area contributed by atoms with Crippen molar-refractivity contribution in [2.45, 2.75) is 31.1 Å². The van der Waals surface area contributed by atoms with E-state index in [9.17, 15) is 22.8 Å². The van der Waals surface area contributed by atoms with Crippen LogP contribution in [0.4, 0.5) is 13.2 Å². The van der Waals surface area contributed by atoms with Crippen LogP contribution in [0.5, 0.6) is 0 Å². The number of carbonyl (C=O) groups excluding carboxylic acids is 2. The number of rotatable bonds is 3. The van der Waals surface area contributed by atoms with Crippen LogP contribution in [-0.4, -0.2) is 53.4 Å². The number of nitrogens with one attached hydrogen (secondary N) is 2. The number of nitrogens with zero attached hydrogens (tertiary/aromatic N) is 2. The van der Waals surface area contributed by atoms with Crippen LogP contribution in [0.1, 0.15) is 28.9 Å². The number of pyridine rings is 1. The normalized spacial score (nSPS) is 23.2. The highest BCUT2D eigenvalue weighted by molar-refractivity contribution is 5.95. The van der Waals surface area contributed by atoms with E-state index in [0.29, 0.717) is 18.7 Å². The van der Waals surface area contributed by atoms with Crippen LogP contribution in [0.15, 0.2) is 18.3 Å². The number of fused-ring (bicyclic) bond motifs is 1. The van der Waals surface area contributed by atoms with Gasteiger partial charge in [-0.25, -0.2) is 0 Å². The monoisotopic (exact) mass is 342 g/mol. The molecule has 2 amide bonds. The number of aromatic nitrogens is 1. The Hall–Kier alpha value is -2.16. The van der Waals surface area contributed by atoms with Crippen LogP contribution >= 0.6 is 0 Å². The molecule has 2 fully saturated rings. The van der Waals surface area contributed by atoms with Gasteiger partial charge in [-0.1, -0.05) is 0 Å². The number of carbonyl (C=O) groups is 2. The Morgan fingerprint density at radius 1 is 1.38 bits per heavy atom. The largest absolute Gasteiger partial charge is 0.416 e. The number of halogens is 3. The van der Waals surface area contributed by atoms with Crippen LogP contribution in [-0.2, 0) is 11.0 Å². The minimum absolute atomic E-state index is 0.140. The summed E-state index contributed by atoms with van der Waals surface area (Å²) >= 11 is 0. The van der Waals surface area contributed by atoms with Gasteiger partial charge in [0.1, 0.15) is 5.69 Å². The summed E-state index contributed by atoms with van der Waals surface area (Å²) in [5, 5.41) is 5.67. The first-order valence-electron chi connectivity index (χ1n) is 7.70. The van der Waals surface area contributed by atoms with Crippen molar-refractivity contribution in [3.05, 3.63) is 29.6 Å². The molecule has 2 unspecified atom stereocenters. The van der Waals surface area contributed by atoms with Crippen LogP contribution in [0.2, 0.25) is 0 Å².